The van der Waals surface area contributed by atoms with E-state index in [1.807, 2.05) is 23.1 Å². The molecule has 1 aliphatic carbocycles. The van der Waals surface area contributed by atoms with Crippen molar-refractivity contribution in [3.8, 4) is 0 Å². The molecule has 1 aromatic carbocycles. The van der Waals surface area contributed by atoms with Crippen LogP contribution < -0.4 is 10.9 Å². The van der Waals surface area contributed by atoms with Crippen LogP contribution >= 0.6 is 0 Å². The number of H-pyrrole nitrogens is 2. The monoisotopic (exact) mass is 434 g/mol. The smallest absolute Gasteiger partial charge is 0.251 e. The molecular formula is C23H26N6O3. The first-order chi connectivity index (χ1) is 15.5. The molecule has 3 heterocycles. The number of hydrogen-bond acceptors (Lipinski definition) is 5. The molecule has 3 aromatic rings. The van der Waals surface area contributed by atoms with E-state index >= 15 is 0 Å². The van der Waals surface area contributed by atoms with Gasteiger partial charge in [0.2, 0.25) is 11.5 Å². The lowest BCUT2D eigenvalue weighted by Gasteiger charge is -2.53. The van der Waals surface area contributed by atoms with E-state index in [0.717, 1.165) is 42.4 Å². The predicted molar refractivity (Wildman–Crippen MR) is 118 cm³/mol. The van der Waals surface area contributed by atoms with Crippen molar-refractivity contribution in [2.24, 2.45) is 11.3 Å². The second kappa shape index (κ2) is 8.22. The first kappa shape index (κ1) is 20.4. The van der Waals surface area contributed by atoms with E-state index in [4.69, 9.17) is 0 Å². The van der Waals surface area contributed by atoms with Crippen molar-refractivity contribution in [2.45, 2.75) is 32.1 Å². The number of aromatic amines is 2. The number of aromatic nitrogens is 4. The van der Waals surface area contributed by atoms with Crippen LogP contribution in [0, 0.1) is 11.3 Å². The predicted octanol–water partition coefficient (Wildman–Crippen LogP) is 1.64. The minimum atomic E-state index is -0.300. The fraction of sp³-hybridized carbons (Fsp3) is 0.435. The van der Waals surface area contributed by atoms with E-state index in [9.17, 15) is 14.4 Å². The summed E-state index contributed by atoms with van der Waals surface area (Å²) < 4.78 is 0. The summed E-state index contributed by atoms with van der Waals surface area (Å²) >= 11 is 0. The molecule has 166 valence electrons. The molecule has 2 fully saturated rings. The average Bonchev–Trinajstić information content (AvgIpc) is 3.24. The normalized spacial score (nSPS) is 19.6. The number of carbonyl (C=O) groups excluding carboxylic acids is 2. The number of pyridine rings is 1. The third-order valence-corrected chi connectivity index (χ3v) is 7.17. The summed E-state index contributed by atoms with van der Waals surface area (Å²) in [7, 11) is 0. The van der Waals surface area contributed by atoms with Gasteiger partial charge in [0.15, 0.2) is 0 Å². The van der Waals surface area contributed by atoms with Gasteiger partial charge in [-0.05, 0) is 54.4 Å². The number of benzene rings is 1. The van der Waals surface area contributed by atoms with Crippen LogP contribution in [0.15, 0.2) is 41.3 Å². The summed E-state index contributed by atoms with van der Waals surface area (Å²) in [6.45, 7) is 1.89. The highest BCUT2D eigenvalue weighted by molar-refractivity contribution is 5.94. The molecule has 2 aliphatic rings. The van der Waals surface area contributed by atoms with Crippen LogP contribution in [-0.2, 0) is 11.2 Å². The van der Waals surface area contributed by atoms with Crippen molar-refractivity contribution in [1.29, 1.82) is 0 Å². The summed E-state index contributed by atoms with van der Waals surface area (Å²) in [4.78, 5) is 41.5. The Labute approximate surface area is 184 Å². The molecule has 1 unspecified atom stereocenters. The molecule has 0 radical (unpaired) electrons. The molecule has 9 heteroatoms. The molecule has 1 saturated heterocycles. The molecule has 1 saturated carbocycles. The number of nitrogens with one attached hydrogen (secondary N) is 3. The Bertz CT molecular complexity index is 1210. The van der Waals surface area contributed by atoms with Gasteiger partial charge in [0.05, 0.1) is 6.42 Å². The van der Waals surface area contributed by atoms with Gasteiger partial charge in [-0.25, -0.2) is 0 Å². The quantitative estimate of drug-likeness (QED) is 0.563. The van der Waals surface area contributed by atoms with Crippen molar-refractivity contribution in [3.05, 3.63) is 58.0 Å². The van der Waals surface area contributed by atoms with Crippen LogP contribution in [-0.4, -0.2) is 56.7 Å². The lowest BCUT2D eigenvalue weighted by molar-refractivity contribution is -0.137. The third kappa shape index (κ3) is 3.90. The molecule has 1 aliphatic heterocycles. The number of nitrogens with zero attached hydrogens (tertiary/aromatic N) is 3. The van der Waals surface area contributed by atoms with Crippen LogP contribution in [0.25, 0.3) is 11.0 Å². The fourth-order valence-electron chi connectivity index (χ4n) is 5.10. The topological polar surface area (TPSA) is 124 Å². The number of piperidine rings is 1. The summed E-state index contributed by atoms with van der Waals surface area (Å²) in [5.41, 5.74) is 2.71. The van der Waals surface area contributed by atoms with Gasteiger partial charge in [0, 0.05) is 37.5 Å². The SMILES string of the molecule is O=C(NCC1CN(C(=O)Cc2ccc3n[nH]nc3c2)CCC12CCC2)c1cc[nH]c(=O)c1. The zero-order chi connectivity index (χ0) is 22.1. The Hall–Kier alpha value is -3.49. The first-order valence-corrected chi connectivity index (χ1v) is 11.1. The second-order valence-electron chi connectivity index (χ2n) is 8.98. The maximum Gasteiger partial charge on any atom is 0.251 e. The van der Waals surface area contributed by atoms with E-state index in [1.165, 1.54) is 18.7 Å². The number of hydrogen-bond donors (Lipinski definition) is 3. The highest BCUT2D eigenvalue weighted by Gasteiger charge is 2.47. The lowest BCUT2D eigenvalue weighted by Crippen LogP contribution is -2.55. The van der Waals surface area contributed by atoms with Gasteiger partial charge in [-0.3, -0.25) is 14.4 Å². The van der Waals surface area contributed by atoms with Gasteiger partial charge in [-0.1, -0.05) is 12.5 Å². The van der Waals surface area contributed by atoms with E-state index in [0.29, 0.717) is 25.1 Å². The van der Waals surface area contributed by atoms with Crippen LogP contribution in [0.2, 0.25) is 0 Å². The Kier molecular flexibility index (Phi) is 5.24. The van der Waals surface area contributed by atoms with Crippen molar-refractivity contribution < 1.29 is 9.59 Å². The molecule has 5 rings (SSSR count). The lowest BCUT2D eigenvalue weighted by atomic mass is 9.57. The molecule has 1 atom stereocenters. The Balaban J connectivity index is 1.25. The van der Waals surface area contributed by atoms with E-state index < -0.39 is 0 Å². The molecule has 3 N–H and O–H groups in total. The van der Waals surface area contributed by atoms with Crippen molar-refractivity contribution in [2.75, 3.05) is 19.6 Å². The van der Waals surface area contributed by atoms with Gasteiger partial charge >= 0.3 is 0 Å². The van der Waals surface area contributed by atoms with E-state index in [2.05, 4.69) is 25.7 Å². The van der Waals surface area contributed by atoms with Gasteiger partial charge in [0.25, 0.3) is 5.91 Å². The summed E-state index contributed by atoms with van der Waals surface area (Å²) in [5.74, 6) is 0.0424. The van der Waals surface area contributed by atoms with Crippen LogP contribution in [0.4, 0.5) is 0 Å². The molecule has 2 amide bonds. The van der Waals surface area contributed by atoms with Crippen molar-refractivity contribution in [1.82, 2.24) is 30.6 Å². The second-order valence-corrected chi connectivity index (χ2v) is 8.98. The number of carbonyl (C=O) groups is 2. The summed E-state index contributed by atoms with van der Waals surface area (Å²) in [6, 6.07) is 8.58. The third-order valence-electron chi connectivity index (χ3n) is 7.17. The minimum Gasteiger partial charge on any atom is -0.352 e. The zero-order valence-corrected chi connectivity index (χ0v) is 17.8. The van der Waals surface area contributed by atoms with Gasteiger partial charge in [-0.15, -0.1) is 0 Å². The first-order valence-electron chi connectivity index (χ1n) is 11.1. The van der Waals surface area contributed by atoms with Gasteiger partial charge in [0.1, 0.15) is 11.0 Å². The van der Waals surface area contributed by atoms with Crippen molar-refractivity contribution in [3.63, 3.8) is 0 Å². The molecule has 32 heavy (non-hydrogen) atoms. The minimum absolute atomic E-state index is 0.0907. The summed E-state index contributed by atoms with van der Waals surface area (Å²) in [5, 5.41) is 13.7. The van der Waals surface area contributed by atoms with Crippen LogP contribution in [0.1, 0.15) is 41.6 Å². The Morgan fingerprint density at radius 1 is 1.12 bits per heavy atom. The maximum atomic E-state index is 13.1. The largest absolute Gasteiger partial charge is 0.352 e. The molecule has 0 bridgehead atoms. The van der Waals surface area contributed by atoms with E-state index in [1.54, 1.807) is 6.07 Å². The molecule has 9 nitrogen and oxygen atoms in total. The summed E-state index contributed by atoms with van der Waals surface area (Å²) in [6.07, 6.45) is 6.24. The number of fused-ring (bicyclic) bond motifs is 1. The van der Waals surface area contributed by atoms with Gasteiger partial charge in [-0.2, -0.15) is 15.4 Å². The van der Waals surface area contributed by atoms with E-state index in [-0.39, 0.29) is 28.7 Å². The van der Waals surface area contributed by atoms with Crippen LogP contribution in [0.3, 0.4) is 0 Å². The van der Waals surface area contributed by atoms with Crippen LogP contribution in [0.5, 0.6) is 0 Å². The fourth-order valence-corrected chi connectivity index (χ4v) is 5.10. The highest BCUT2D eigenvalue weighted by Crippen LogP contribution is 2.52. The van der Waals surface area contributed by atoms with Crippen molar-refractivity contribution >= 4 is 22.8 Å². The average molecular weight is 435 g/mol. The number of rotatable bonds is 5. The number of likely N-dealkylation sites (tertiary alicyclic amines) is 1. The maximum absolute atomic E-state index is 13.1. The van der Waals surface area contributed by atoms with Gasteiger partial charge < -0.3 is 15.2 Å². The molecular weight excluding hydrogens is 408 g/mol. The standard InChI is InChI=1S/C23H26N6O3/c30-20-12-16(4-8-24-20)22(32)25-13-17-14-29(9-7-23(17)5-1-6-23)21(31)11-15-2-3-18-19(10-15)27-28-26-18/h2-4,8,10,12,17H,1,5-7,9,11,13-14H2,(H,24,30)(H,25,32)(H,26,27,28). The Morgan fingerprint density at radius 3 is 2.75 bits per heavy atom. The molecule has 1 spiro atoms. The number of amides is 2. The Morgan fingerprint density at radius 2 is 1.97 bits per heavy atom. The molecule has 2 aromatic heterocycles. The highest BCUT2D eigenvalue weighted by atomic mass is 16.2. The zero-order valence-electron chi connectivity index (χ0n) is 17.8.